The maximum atomic E-state index is 11.4. The number of carboxylic acid groups (broad SMARTS) is 1. The van der Waals surface area contributed by atoms with E-state index >= 15 is 0 Å². The number of rotatable bonds is 4. The molecule has 0 radical (unpaired) electrons. The monoisotopic (exact) mass is 279 g/mol. The number of benzene rings is 1. The summed E-state index contributed by atoms with van der Waals surface area (Å²) in [5.74, 6) is -0.387. The van der Waals surface area contributed by atoms with Gasteiger partial charge in [0.2, 0.25) is 0 Å². The lowest BCUT2D eigenvalue weighted by atomic mass is 9.77. The Labute approximate surface area is 118 Å². The Morgan fingerprint density at radius 3 is 2.35 bits per heavy atom. The van der Waals surface area contributed by atoms with Gasteiger partial charge in [-0.1, -0.05) is 19.3 Å². The number of carbonyl (C=O) groups is 1. The van der Waals surface area contributed by atoms with Crippen molar-refractivity contribution >= 4 is 5.97 Å². The second-order valence-corrected chi connectivity index (χ2v) is 5.28. The van der Waals surface area contributed by atoms with Gasteiger partial charge in [-0.25, -0.2) is 4.79 Å². The van der Waals surface area contributed by atoms with E-state index in [0.717, 1.165) is 31.2 Å². The number of carboxylic acids is 1. The van der Waals surface area contributed by atoms with Crippen molar-refractivity contribution in [2.45, 2.75) is 37.6 Å². The third kappa shape index (κ3) is 2.58. The number of methoxy groups -OCH3 is 2. The van der Waals surface area contributed by atoms with Gasteiger partial charge in [0.05, 0.1) is 14.2 Å². The van der Waals surface area contributed by atoms with Crippen molar-refractivity contribution < 1.29 is 19.4 Å². The predicted molar refractivity (Wildman–Crippen MR) is 75.5 cm³/mol. The number of hydrogen-bond acceptors (Lipinski definition) is 4. The quantitative estimate of drug-likeness (QED) is 0.885. The molecule has 0 atom stereocenters. The molecule has 1 aromatic rings. The van der Waals surface area contributed by atoms with Gasteiger partial charge in [-0.05, 0) is 30.5 Å². The Morgan fingerprint density at radius 2 is 1.85 bits per heavy atom. The first-order valence-corrected chi connectivity index (χ1v) is 6.80. The van der Waals surface area contributed by atoms with Crippen LogP contribution in [0.15, 0.2) is 12.1 Å². The smallest absolute Gasteiger partial charge is 0.339 e. The van der Waals surface area contributed by atoms with Crippen LogP contribution in [0.25, 0.3) is 0 Å². The summed E-state index contributed by atoms with van der Waals surface area (Å²) >= 11 is 0. The van der Waals surface area contributed by atoms with E-state index in [1.165, 1.54) is 20.6 Å². The van der Waals surface area contributed by atoms with Gasteiger partial charge in [0.15, 0.2) is 11.5 Å². The summed E-state index contributed by atoms with van der Waals surface area (Å²) in [6.45, 7) is 0. The van der Waals surface area contributed by atoms with E-state index < -0.39 is 11.5 Å². The zero-order valence-electron chi connectivity index (χ0n) is 11.9. The van der Waals surface area contributed by atoms with Crippen molar-refractivity contribution in [1.29, 1.82) is 0 Å². The van der Waals surface area contributed by atoms with Crippen LogP contribution >= 0.6 is 0 Å². The third-order valence-electron chi connectivity index (χ3n) is 4.03. The summed E-state index contributed by atoms with van der Waals surface area (Å²) in [5, 5.41) is 9.35. The summed E-state index contributed by atoms with van der Waals surface area (Å²) < 4.78 is 10.4. The first-order valence-electron chi connectivity index (χ1n) is 6.80. The zero-order chi connectivity index (χ0) is 14.8. The van der Waals surface area contributed by atoms with Crippen LogP contribution in [0.3, 0.4) is 0 Å². The molecule has 0 unspecified atom stereocenters. The Morgan fingerprint density at radius 1 is 1.20 bits per heavy atom. The number of nitrogens with two attached hydrogens (primary N) is 1. The van der Waals surface area contributed by atoms with Gasteiger partial charge in [0.1, 0.15) is 5.56 Å². The number of hydrogen-bond donors (Lipinski definition) is 2. The van der Waals surface area contributed by atoms with E-state index in [9.17, 15) is 9.90 Å². The molecular weight excluding hydrogens is 258 g/mol. The van der Waals surface area contributed by atoms with E-state index in [1.807, 2.05) is 0 Å². The van der Waals surface area contributed by atoms with Gasteiger partial charge in [-0.3, -0.25) is 0 Å². The molecule has 1 aromatic carbocycles. The van der Waals surface area contributed by atoms with Crippen LogP contribution in [-0.2, 0) is 5.54 Å². The van der Waals surface area contributed by atoms with Crippen molar-refractivity contribution in [1.82, 2.24) is 0 Å². The first kappa shape index (κ1) is 14.7. The topological polar surface area (TPSA) is 81.8 Å². The molecule has 0 saturated heterocycles. The van der Waals surface area contributed by atoms with Crippen LogP contribution < -0.4 is 15.2 Å². The van der Waals surface area contributed by atoms with Gasteiger partial charge in [-0.2, -0.15) is 0 Å². The summed E-state index contributed by atoms with van der Waals surface area (Å²) in [6, 6.07) is 3.42. The summed E-state index contributed by atoms with van der Waals surface area (Å²) in [4.78, 5) is 11.4. The highest BCUT2D eigenvalue weighted by molar-refractivity contribution is 5.92. The van der Waals surface area contributed by atoms with E-state index in [2.05, 4.69) is 0 Å². The summed E-state index contributed by atoms with van der Waals surface area (Å²) in [6.07, 6.45) is 5.03. The number of aromatic carboxylic acids is 1. The van der Waals surface area contributed by atoms with Crippen LogP contribution in [-0.4, -0.2) is 25.3 Å². The van der Waals surface area contributed by atoms with Gasteiger partial charge < -0.3 is 20.3 Å². The predicted octanol–water partition coefficient (Wildman–Crippen LogP) is 2.52. The van der Waals surface area contributed by atoms with Crippen molar-refractivity contribution in [3.8, 4) is 11.5 Å². The largest absolute Gasteiger partial charge is 0.493 e. The lowest BCUT2D eigenvalue weighted by molar-refractivity contribution is 0.0692. The van der Waals surface area contributed by atoms with Crippen molar-refractivity contribution in [2.24, 2.45) is 5.73 Å². The molecule has 0 aliphatic heterocycles. The van der Waals surface area contributed by atoms with Gasteiger partial charge >= 0.3 is 5.97 Å². The molecular formula is C15H21NO4. The normalized spacial score (nSPS) is 17.6. The third-order valence-corrected chi connectivity index (χ3v) is 4.03. The maximum absolute atomic E-state index is 11.4. The van der Waals surface area contributed by atoms with Crippen molar-refractivity contribution in [3.63, 3.8) is 0 Å². The second-order valence-electron chi connectivity index (χ2n) is 5.28. The van der Waals surface area contributed by atoms with Crippen LogP contribution in [0.2, 0.25) is 0 Å². The lowest BCUT2D eigenvalue weighted by Gasteiger charge is -2.34. The SMILES string of the molecule is COc1cc(C2(N)CCCCC2)cc(C(=O)O)c1OC. The molecule has 3 N–H and O–H groups in total. The molecule has 1 aliphatic rings. The Kier molecular flexibility index (Phi) is 4.18. The average Bonchev–Trinajstić information content (AvgIpc) is 2.46. The molecule has 0 heterocycles. The van der Waals surface area contributed by atoms with Gasteiger partial charge in [0, 0.05) is 5.54 Å². The minimum Gasteiger partial charge on any atom is -0.493 e. The lowest BCUT2D eigenvalue weighted by Crippen LogP contribution is -2.38. The summed E-state index contributed by atoms with van der Waals surface area (Å²) in [5.41, 5.74) is 6.91. The molecule has 0 bridgehead atoms. The van der Waals surface area contributed by atoms with E-state index in [4.69, 9.17) is 15.2 Å². The molecule has 20 heavy (non-hydrogen) atoms. The van der Waals surface area contributed by atoms with E-state index in [-0.39, 0.29) is 11.3 Å². The maximum Gasteiger partial charge on any atom is 0.339 e. The van der Waals surface area contributed by atoms with E-state index in [1.54, 1.807) is 12.1 Å². The van der Waals surface area contributed by atoms with Gasteiger partial charge in [0.25, 0.3) is 0 Å². The van der Waals surface area contributed by atoms with Crippen LogP contribution in [0, 0.1) is 0 Å². The highest BCUT2D eigenvalue weighted by atomic mass is 16.5. The van der Waals surface area contributed by atoms with Gasteiger partial charge in [-0.15, -0.1) is 0 Å². The molecule has 1 saturated carbocycles. The average molecular weight is 279 g/mol. The molecule has 5 nitrogen and oxygen atoms in total. The Hall–Kier alpha value is -1.75. The molecule has 5 heteroatoms. The minimum absolute atomic E-state index is 0.0947. The molecule has 110 valence electrons. The molecule has 0 aromatic heterocycles. The van der Waals surface area contributed by atoms with Crippen LogP contribution in [0.4, 0.5) is 0 Å². The van der Waals surface area contributed by atoms with Crippen molar-refractivity contribution in [3.05, 3.63) is 23.3 Å². The number of ether oxygens (including phenoxy) is 2. The zero-order valence-corrected chi connectivity index (χ0v) is 11.9. The fraction of sp³-hybridized carbons (Fsp3) is 0.533. The Balaban J connectivity index is 2.54. The standard InChI is InChI=1S/C15H21NO4/c1-19-12-9-10(15(16)6-4-3-5-7-15)8-11(14(17)18)13(12)20-2/h8-9H,3-7,16H2,1-2H3,(H,17,18). The van der Waals surface area contributed by atoms with Crippen molar-refractivity contribution in [2.75, 3.05) is 14.2 Å². The van der Waals surface area contributed by atoms with E-state index in [0.29, 0.717) is 5.75 Å². The molecule has 2 rings (SSSR count). The van der Waals surface area contributed by atoms with Crippen LogP contribution in [0.5, 0.6) is 11.5 Å². The highest BCUT2D eigenvalue weighted by Crippen LogP contribution is 2.40. The molecule has 0 spiro atoms. The van der Waals surface area contributed by atoms with Crippen LogP contribution in [0.1, 0.15) is 48.0 Å². The fourth-order valence-corrected chi connectivity index (χ4v) is 2.88. The first-order chi connectivity index (χ1) is 9.51. The second kappa shape index (κ2) is 5.71. The molecule has 0 amide bonds. The summed E-state index contributed by atoms with van der Waals surface area (Å²) in [7, 11) is 2.93. The molecule has 1 fully saturated rings. The fourth-order valence-electron chi connectivity index (χ4n) is 2.88. The Bertz CT molecular complexity index is 507. The highest BCUT2D eigenvalue weighted by Gasteiger charge is 2.32. The molecule has 1 aliphatic carbocycles. The minimum atomic E-state index is -1.04.